The number of hydrogen-bond donors (Lipinski definition) is 1. The lowest BCUT2D eigenvalue weighted by Crippen LogP contribution is -2.70. The van der Waals surface area contributed by atoms with E-state index in [9.17, 15) is 0 Å². The van der Waals surface area contributed by atoms with Gasteiger partial charge in [-0.1, -0.05) is 18.9 Å². The number of aryl methyl sites for hydroxylation is 1. The molecular weight excluding hydrogens is 180 g/mol. The van der Waals surface area contributed by atoms with E-state index in [4.69, 9.17) is 5.73 Å². The minimum atomic E-state index is -0.0774. The van der Waals surface area contributed by atoms with Gasteiger partial charge < -0.3 is 10.6 Å². The maximum Gasteiger partial charge on any atom is 0.245 e. The van der Waals surface area contributed by atoms with Crippen molar-refractivity contribution < 1.29 is 0 Å². The van der Waals surface area contributed by atoms with Crippen LogP contribution in [0.2, 0.25) is 0 Å². The van der Waals surface area contributed by atoms with Crippen LogP contribution in [-0.4, -0.2) is 38.8 Å². The molecule has 0 atom stereocenters. The second-order valence-electron chi connectivity index (χ2n) is 4.35. The lowest BCUT2D eigenvalue weighted by atomic mass is 9.80. The summed E-state index contributed by atoms with van der Waals surface area (Å²) in [5.74, 6) is 1.28. The monoisotopic (exact) mass is 196 g/mol. The van der Waals surface area contributed by atoms with Crippen molar-refractivity contribution in [3.05, 3.63) is 0 Å². The van der Waals surface area contributed by atoms with Crippen LogP contribution in [0.5, 0.6) is 0 Å². The van der Waals surface area contributed by atoms with Gasteiger partial charge in [-0.2, -0.15) is 0 Å². The first-order valence-electron chi connectivity index (χ1n) is 4.79. The summed E-state index contributed by atoms with van der Waals surface area (Å²) in [4.78, 5) is 2.10. The van der Waals surface area contributed by atoms with Gasteiger partial charge in [0.05, 0.1) is 5.54 Å². The van der Waals surface area contributed by atoms with Crippen LogP contribution in [0.15, 0.2) is 0 Å². The van der Waals surface area contributed by atoms with Gasteiger partial charge in [0, 0.05) is 20.1 Å². The van der Waals surface area contributed by atoms with Gasteiger partial charge in [0.2, 0.25) is 5.95 Å². The molecule has 0 amide bonds. The third kappa shape index (κ3) is 1.26. The first kappa shape index (κ1) is 9.39. The van der Waals surface area contributed by atoms with E-state index in [2.05, 4.69) is 34.3 Å². The minimum Gasteiger partial charge on any atom is -0.336 e. The summed E-state index contributed by atoms with van der Waals surface area (Å²) in [7, 11) is 1.83. The molecule has 1 saturated heterocycles. The first-order valence-corrected chi connectivity index (χ1v) is 4.79. The molecule has 6 nitrogen and oxygen atoms in total. The molecule has 78 valence electrons. The summed E-state index contributed by atoms with van der Waals surface area (Å²) in [6, 6.07) is 0. The van der Waals surface area contributed by atoms with Crippen molar-refractivity contribution in [3.63, 3.8) is 0 Å². The van der Waals surface area contributed by atoms with Gasteiger partial charge in [-0.25, -0.2) is 4.68 Å². The van der Waals surface area contributed by atoms with Gasteiger partial charge in [0.25, 0.3) is 0 Å². The Kier molecular flexibility index (Phi) is 1.95. The zero-order chi connectivity index (χ0) is 10.3. The number of rotatable bonds is 2. The Morgan fingerprint density at radius 2 is 2.07 bits per heavy atom. The Labute approximate surface area is 83.1 Å². The molecule has 0 aliphatic carbocycles. The Hall–Kier alpha value is -1.17. The summed E-state index contributed by atoms with van der Waals surface area (Å²) in [5, 5.41) is 11.3. The van der Waals surface area contributed by atoms with Crippen molar-refractivity contribution in [1.82, 2.24) is 20.2 Å². The van der Waals surface area contributed by atoms with E-state index in [0.717, 1.165) is 19.0 Å². The molecule has 1 aliphatic heterocycles. The van der Waals surface area contributed by atoms with Crippen LogP contribution in [0.4, 0.5) is 5.95 Å². The second-order valence-corrected chi connectivity index (χ2v) is 4.35. The SMILES string of the molecule is CC(C)C1(N)CN(c2nnnn2C)C1. The van der Waals surface area contributed by atoms with Crippen LogP contribution in [0.25, 0.3) is 0 Å². The highest BCUT2D eigenvalue weighted by molar-refractivity contribution is 5.37. The minimum absolute atomic E-state index is 0.0774. The van der Waals surface area contributed by atoms with E-state index >= 15 is 0 Å². The predicted octanol–water partition coefficient (Wildman–Crippen LogP) is -0.616. The Balaban J connectivity index is 2.05. The highest BCUT2D eigenvalue weighted by atomic mass is 15.6. The van der Waals surface area contributed by atoms with Crippen LogP contribution >= 0.6 is 0 Å². The average Bonchev–Trinajstić information content (AvgIpc) is 2.45. The summed E-state index contributed by atoms with van der Waals surface area (Å²) < 4.78 is 1.67. The van der Waals surface area contributed by atoms with Crippen molar-refractivity contribution in [3.8, 4) is 0 Å². The number of tetrazole rings is 1. The average molecular weight is 196 g/mol. The maximum absolute atomic E-state index is 6.17. The first-order chi connectivity index (χ1) is 6.53. The molecule has 0 aromatic carbocycles. The van der Waals surface area contributed by atoms with E-state index in [1.54, 1.807) is 4.68 Å². The molecule has 2 rings (SSSR count). The Morgan fingerprint density at radius 1 is 1.43 bits per heavy atom. The Bertz CT molecular complexity index is 324. The zero-order valence-electron chi connectivity index (χ0n) is 8.80. The third-order valence-corrected chi connectivity index (χ3v) is 3.00. The highest BCUT2D eigenvalue weighted by Gasteiger charge is 2.43. The molecule has 0 radical (unpaired) electrons. The molecule has 1 fully saturated rings. The summed E-state index contributed by atoms with van der Waals surface area (Å²) in [6.45, 7) is 5.95. The molecule has 0 unspecified atom stereocenters. The fourth-order valence-corrected chi connectivity index (χ4v) is 1.66. The van der Waals surface area contributed by atoms with Gasteiger partial charge in [0.15, 0.2) is 0 Å². The number of nitrogens with zero attached hydrogens (tertiary/aromatic N) is 5. The molecule has 0 spiro atoms. The van der Waals surface area contributed by atoms with Crippen molar-refractivity contribution in [1.29, 1.82) is 0 Å². The van der Waals surface area contributed by atoms with Gasteiger partial charge in [-0.05, 0) is 16.3 Å². The topological polar surface area (TPSA) is 72.9 Å². The Morgan fingerprint density at radius 3 is 2.50 bits per heavy atom. The lowest BCUT2D eigenvalue weighted by molar-refractivity contribution is 0.240. The molecule has 0 bridgehead atoms. The summed E-state index contributed by atoms with van der Waals surface area (Å²) >= 11 is 0. The molecule has 1 aliphatic rings. The quantitative estimate of drug-likeness (QED) is 0.682. The second kappa shape index (κ2) is 2.91. The van der Waals surface area contributed by atoms with Gasteiger partial charge in [-0.15, -0.1) is 0 Å². The smallest absolute Gasteiger partial charge is 0.245 e. The standard InChI is InChI=1S/C8H16N6/c1-6(2)8(9)4-14(5-8)7-10-11-12-13(7)3/h6H,4-5,9H2,1-3H3. The van der Waals surface area contributed by atoms with Crippen LogP contribution in [-0.2, 0) is 7.05 Å². The molecule has 6 heteroatoms. The molecule has 2 heterocycles. The zero-order valence-corrected chi connectivity index (χ0v) is 8.80. The van der Waals surface area contributed by atoms with E-state index in [1.807, 2.05) is 7.05 Å². The third-order valence-electron chi connectivity index (χ3n) is 3.00. The van der Waals surface area contributed by atoms with Gasteiger partial charge in [0.1, 0.15) is 0 Å². The van der Waals surface area contributed by atoms with Crippen LogP contribution in [0, 0.1) is 5.92 Å². The predicted molar refractivity (Wildman–Crippen MR) is 52.8 cm³/mol. The highest BCUT2D eigenvalue weighted by Crippen LogP contribution is 2.28. The van der Waals surface area contributed by atoms with Gasteiger partial charge >= 0.3 is 0 Å². The maximum atomic E-state index is 6.17. The number of anilines is 1. The fourth-order valence-electron chi connectivity index (χ4n) is 1.66. The van der Waals surface area contributed by atoms with Crippen molar-refractivity contribution >= 4 is 5.95 Å². The van der Waals surface area contributed by atoms with E-state index in [1.165, 1.54) is 0 Å². The van der Waals surface area contributed by atoms with Crippen molar-refractivity contribution in [2.75, 3.05) is 18.0 Å². The summed E-state index contributed by atoms with van der Waals surface area (Å²) in [6.07, 6.45) is 0. The largest absolute Gasteiger partial charge is 0.336 e. The van der Waals surface area contributed by atoms with Gasteiger partial charge in [-0.3, -0.25) is 0 Å². The molecule has 1 aromatic rings. The molecule has 2 N–H and O–H groups in total. The van der Waals surface area contributed by atoms with Crippen molar-refractivity contribution in [2.45, 2.75) is 19.4 Å². The van der Waals surface area contributed by atoms with Crippen LogP contribution < -0.4 is 10.6 Å². The number of nitrogens with two attached hydrogens (primary N) is 1. The van der Waals surface area contributed by atoms with E-state index < -0.39 is 0 Å². The van der Waals surface area contributed by atoms with E-state index in [0.29, 0.717) is 5.92 Å². The normalized spacial score (nSPS) is 19.9. The number of hydrogen-bond acceptors (Lipinski definition) is 5. The lowest BCUT2D eigenvalue weighted by Gasteiger charge is -2.50. The molecule has 14 heavy (non-hydrogen) atoms. The van der Waals surface area contributed by atoms with E-state index in [-0.39, 0.29) is 5.54 Å². The van der Waals surface area contributed by atoms with Crippen LogP contribution in [0.1, 0.15) is 13.8 Å². The molecular formula is C8H16N6. The summed E-state index contributed by atoms with van der Waals surface area (Å²) in [5.41, 5.74) is 6.10. The van der Waals surface area contributed by atoms with Crippen LogP contribution in [0.3, 0.4) is 0 Å². The fraction of sp³-hybridized carbons (Fsp3) is 0.875. The number of aromatic nitrogens is 4. The van der Waals surface area contributed by atoms with Crippen molar-refractivity contribution in [2.24, 2.45) is 18.7 Å². The molecule has 0 saturated carbocycles. The molecule has 1 aromatic heterocycles.